The molecule has 196 valence electrons. The van der Waals surface area contributed by atoms with E-state index in [1.54, 1.807) is 71.3 Å². The van der Waals surface area contributed by atoms with Crippen LogP contribution in [-0.4, -0.2) is 45.8 Å². The summed E-state index contributed by atoms with van der Waals surface area (Å²) in [5.74, 6) is 0.175. The Morgan fingerprint density at radius 2 is 1.95 bits per heavy atom. The van der Waals surface area contributed by atoms with Gasteiger partial charge in [-0.1, -0.05) is 12.1 Å². The molecule has 5 aromatic rings. The molecule has 6 rings (SSSR count). The van der Waals surface area contributed by atoms with Gasteiger partial charge in [0.15, 0.2) is 0 Å². The van der Waals surface area contributed by atoms with E-state index in [0.717, 1.165) is 10.9 Å². The first-order chi connectivity index (χ1) is 18.9. The van der Waals surface area contributed by atoms with Crippen molar-refractivity contribution in [1.82, 2.24) is 9.38 Å². The molecule has 2 aromatic heterocycles. The molecule has 1 atom stereocenters. The summed E-state index contributed by atoms with van der Waals surface area (Å²) < 4.78 is 7.27. The predicted molar refractivity (Wildman–Crippen MR) is 151 cm³/mol. The lowest BCUT2D eigenvalue weighted by Crippen LogP contribution is -2.30. The average molecular weight is 542 g/mol. The average Bonchev–Trinajstić information content (AvgIpc) is 3.54. The van der Waals surface area contributed by atoms with Gasteiger partial charge in [0.2, 0.25) is 0 Å². The molecule has 1 unspecified atom stereocenters. The van der Waals surface area contributed by atoms with Crippen LogP contribution < -0.4 is 20.7 Å². The highest BCUT2D eigenvalue weighted by Crippen LogP contribution is 2.48. The Hall–Kier alpha value is -4.76. The number of benzene rings is 3. The number of aromatic hydroxyl groups is 1. The van der Waals surface area contributed by atoms with Gasteiger partial charge in [-0.3, -0.25) is 9.59 Å². The molecule has 0 saturated heterocycles. The summed E-state index contributed by atoms with van der Waals surface area (Å²) in [4.78, 5) is 32.5. The third-order valence-electron chi connectivity index (χ3n) is 6.98. The first-order valence-electron chi connectivity index (χ1n) is 12.2. The van der Waals surface area contributed by atoms with Crippen LogP contribution in [0.2, 0.25) is 0 Å². The van der Waals surface area contributed by atoms with Gasteiger partial charge < -0.3 is 30.2 Å². The van der Waals surface area contributed by atoms with Crippen LogP contribution in [0.1, 0.15) is 32.3 Å². The van der Waals surface area contributed by atoms with E-state index in [0.29, 0.717) is 46.0 Å². The second kappa shape index (κ2) is 9.52. The number of nitrogens with zero attached hydrogens (tertiary/aromatic N) is 3. The van der Waals surface area contributed by atoms with Gasteiger partial charge in [0.05, 0.1) is 18.5 Å². The number of alkyl halides is 1. The van der Waals surface area contributed by atoms with Crippen LogP contribution in [0.4, 0.5) is 17.1 Å². The van der Waals surface area contributed by atoms with E-state index in [1.807, 2.05) is 18.2 Å². The van der Waals surface area contributed by atoms with Crippen molar-refractivity contribution in [2.45, 2.75) is 5.92 Å². The first-order valence-corrected chi connectivity index (χ1v) is 12.8. The molecule has 0 radical (unpaired) electrons. The Balaban J connectivity index is 1.33. The van der Waals surface area contributed by atoms with Crippen molar-refractivity contribution >= 4 is 56.9 Å². The second-order valence-corrected chi connectivity index (χ2v) is 9.67. The third-order valence-corrected chi connectivity index (χ3v) is 7.35. The molecule has 10 heteroatoms. The second-order valence-electron chi connectivity index (χ2n) is 9.36. The molecule has 0 spiro atoms. The number of nitrogens with one attached hydrogen (secondary N) is 1. The quantitative estimate of drug-likeness (QED) is 0.212. The fraction of sp³-hybridized carbons (Fsp3) is 0.138. The number of hydrogen-bond donors (Lipinski definition) is 3. The van der Waals surface area contributed by atoms with E-state index in [-0.39, 0.29) is 35.1 Å². The minimum atomic E-state index is -0.325. The van der Waals surface area contributed by atoms with Crippen LogP contribution in [-0.2, 0) is 0 Å². The zero-order valence-electron chi connectivity index (χ0n) is 20.9. The van der Waals surface area contributed by atoms with Gasteiger partial charge in [-0.15, -0.1) is 11.6 Å². The van der Waals surface area contributed by atoms with E-state index in [4.69, 9.17) is 22.1 Å². The van der Waals surface area contributed by atoms with Crippen LogP contribution in [0.15, 0.2) is 73.1 Å². The lowest BCUT2D eigenvalue weighted by molar-refractivity contribution is 0.0982. The first kappa shape index (κ1) is 24.6. The van der Waals surface area contributed by atoms with E-state index >= 15 is 0 Å². The van der Waals surface area contributed by atoms with E-state index in [9.17, 15) is 14.7 Å². The molecule has 1 aliphatic heterocycles. The predicted octanol–water partition coefficient (Wildman–Crippen LogP) is 5.02. The van der Waals surface area contributed by atoms with Crippen molar-refractivity contribution in [3.05, 3.63) is 89.9 Å². The highest BCUT2D eigenvalue weighted by Gasteiger charge is 2.36. The fourth-order valence-corrected chi connectivity index (χ4v) is 5.37. The molecule has 9 nitrogen and oxygen atoms in total. The van der Waals surface area contributed by atoms with Gasteiger partial charge in [0.25, 0.3) is 11.8 Å². The largest absolute Gasteiger partial charge is 0.507 e. The molecular weight excluding hydrogens is 518 g/mol. The standard InChI is InChI=1S/C29H24ClN5O4/c1-39-24-4-2-3-20-23(36)11-22-26(27(20)24)17(12-30)13-35(22)29(38)21-15-34-14-19(9-10-25(34)33-21)32-28(37)16-5-7-18(31)8-6-16/h2-11,14-15,17,36H,12-13,31H2,1H3,(H,32,37). The Labute approximate surface area is 228 Å². The smallest absolute Gasteiger partial charge is 0.278 e. The summed E-state index contributed by atoms with van der Waals surface area (Å²) in [5.41, 5.74) is 9.49. The summed E-state index contributed by atoms with van der Waals surface area (Å²) >= 11 is 6.36. The van der Waals surface area contributed by atoms with Crippen LogP contribution in [0.3, 0.4) is 0 Å². The highest BCUT2D eigenvalue weighted by molar-refractivity contribution is 6.19. The number of hydrogen-bond acceptors (Lipinski definition) is 6. The fourth-order valence-electron chi connectivity index (χ4n) is 5.12. The SMILES string of the molecule is COc1cccc2c(O)cc3c(c12)C(CCl)CN3C(=O)c1cn2cc(NC(=O)c3ccc(N)cc3)ccc2n1. The van der Waals surface area contributed by atoms with Crippen molar-refractivity contribution < 1.29 is 19.4 Å². The molecular formula is C29H24ClN5O4. The number of nitrogen functional groups attached to an aromatic ring is 1. The molecule has 0 fully saturated rings. The van der Waals surface area contributed by atoms with Gasteiger partial charge in [0, 0.05) is 58.8 Å². The van der Waals surface area contributed by atoms with Gasteiger partial charge >= 0.3 is 0 Å². The number of methoxy groups -OCH3 is 1. The number of anilines is 3. The number of amides is 2. The monoisotopic (exact) mass is 541 g/mol. The zero-order chi connectivity index (χ0) is 27.3. The lowest BCUT2D eigenvalue weighted by Gasteiger charge is -2.17. The van der Waals surface area contributed by atoms with Gasteiger partial charge in [-0.05, 0) is 48.0 Å². The lowest BCUT2D eigenvalue weighted by atomic mass is 9.94. The normalized spacial score (nSPS) is 14.5. The highest BCUT2D eigenvalue weighted by atomic mass is 35.5. The number of phenolic OH excluding ortho intramolecular Hbond substituents is 1. The number of halogens is 1. The van der Waals surface area contributed by atoms with E-state index in [2.05, 4.69) is 10.3 Å². The Bertz CT molecular complexity index is 1770. The third kappa shape index (κ3) is 4.17. The van der Waals surface area contributed by atoms with Gasteiger partial charge in [-0.25, -0.2) is 4.98 Å². The molecule has 3 heterocycles. The maximum atomic E-state index is 13.7. The van der Waals surface area contributed by atoms with Crippen LogP contribution >= 0.6 is 11.6 Å². The number of carbonyl (C=O) groups is 2. The summed E-state index contributed by atoms with van der Waals surface area (Å²) in [5, 5.41) is 15.0. The van der Waals surface area contributed by atoms with Gasteiger partial charge in [-0.2, -0.15) is 0 Å². The van der Waals surface area contributed by atoms with Crippen LogP contribution in [0.25, 0.3) is 16.4 Å². The van der Waals surface area contributed by atoms with Crippen LogP contribution in [0, 0.1) is 0 Å². The van der Waals surface area contributed by atoms with Crippen molar-refractivity contribution in [3.63, 3.8) is 0 Å². The number of carbonyl (C=O) groups excluding carboxylic acids is 2. The number of pyridine rings is 1. The maximum Gasteiger partial charge on any atom is 0.278 e. The number of ether oxygens (including phenoxy) is 1. The number of phenols is 1. The number of imidazole rings is 1. The summed E-state index contributed by atoms with van der Waals surface area (Å²) in [7, 11) is 1.57. The molecule has 39 heavy (non-hydrogen) atoms. The van der Waals surface area contributed by atoms with E-state index in [1.165, 1.54) is 0 Å². The minimum absolute atomic E-state index is 0.0483. The topological polar surface area (TPSA) is 122 Å². The molecule has 2 amide bonds. The van der Waals surface area contributed by atoms with Crippen LogP contribution in [0.5, 0.6) is 11.5 Å². The zero-order valence-corrected chi connectivity index (χ0v) is 21.6. The summed E-state index contributed by atoms with van der Waals surface area (Å²) in [6, 6.07) is 17.1. The number of aromatic nitrogens is 2. The molecule has 0 aliphatic carbocycles. The van der Waals surface area contributed by atoms with E-state index < -0.39 is 0 Å². The molecule has 4 N–H and O–H groups in total. The number of fused-ring (bicyclic) bond motifs is 4. The molecule has 3 aromatic carbocycles. The maximum absolute atomic E-state index is 13.7. The minimum Gasteiger partial charge on any atom is -0.507 e. The molecule has 1 aliphatic rings. The van der Waals surface area contributed by atoms with Crippen molar-refractivity contribution in [2.75, 3.05) is 35.5 Å². The van der Waals surface area contributed by atoms with Crippen molar-refractivity contribution in [3.8, 4) is 11.5 Å². The van der Waals surface area contributed by atoms with Crippen molar-refractivity contribution in [1.29, 1.82) is 0 Å². The summed E-state index contributed by atoms with van der Waals surface area (Å²) in [6.45, 7) is 0.338. The number of rotatable bonds is 5. The Kier molecular flexibility index (Phi) is 6.00. The molecule has 0 bridgehead atoms. The summed E-state index contributed by atoms with van der Waals surface area (Å²) in [6.07, 6.45) is 3.31. The van der Waals surface area contributed by atoms with Gasteiger partial charge in [0.1, 0.15) is 22.8 Å². The Morgan fingerprint density at radius 3 is 2.69 bits per heavy atom. The Morgan fingerprint density at radius 1 is 1.15 bits per heavy atom. The van der Waals surface area contributed by atoms with Crippen molar-refractivity contribution in [2.24, 2.45) is 0 Å². The number of nitrogens with two attached hydrogens (primary N) is 1. The molecule has 0 saturated carbocycles.